The fraction of sp³-hybridized carbons (Fsp3) is 0.500. The van der Waals surface area contributed by atoms with Crippen molar-refractivity contribution in [2.75, 3.05) is 13.7 Å². The van der Waals surface area contributed by atoms with Crippen molar-refractivity contribution in [2.45, 2.75) is 25.8 Å². The molecule has 1 atom stereocenters. The average molecular weight is 249 g/mol. The van der Waals surface area contributed by atoms with Crippen molar-refractivity contribution < 1.29 is 14.3 Å². The van der Waals surface area contributed by atoms with Crippen LogP contribution in [0.2, 0.25) is 0 Å². The van der Waals surface area contributed by atoms with Gasteiger partial charge in [0.1, 0.15) is 0 Å². The van der Waals surface area contributed by atoms with Crippen LogP contribution in [0.1, 0.15) is 19.8 Å². The Morgan fingerprint density at radius 3 is 2.67 bits per heavy atom. The van der Waals surface area contributed by atoms with Crippen LogP contribution in [0.5, 0.6) is 11.5 Å². The summed E-state index contributed by atoms with van der Waals surface area (Å²) in [5.41, 5.74) is 0. The highest BCUT2D eigenvalue weighted by Crippen LogP contribution is 2.32. The zero-order valence-corrected chi connectivity index (χ0v) is 10.8. The van der Waals surface area contributed by atoms with E-state index >= 15 is 0 Å². The lowest BCUT2D eigenvalue weighted by Crippen LogP contribution is -2.37. The van der Waals surface area contributed by atoms with E-state index in [2.05, 4.69) is 5.32 Å². The second-order valence-corrected chi connectivity index (χ2v) is 4.63. The van der Waals surface area contributed by atoms with Gasteiger partial charge in [0, 0.05) is 6.04 Å². The minimum Gasteiger partial charge on any atom is -0.493 e. The van der Waals surface area contributed by atoms with E-state index in [1.165, 1.54) is 12.8 Å². The van der Waals surface area contributed by atoms with Crippen molar-refractivity contribution >= 4 is 5.91 Å². The molecule has 0 heterocycles. The second kappa shape index (κ2) is 5.76. The zero-order chi connectivity index (χ0) is 13.0. The number of methoxy groups -OCH3 is 1. The van der Waals surface area contributed by atoms with Gasteiger partial charge in [-0.25, -0.2) is 0 Å². The van der Waals surface area contributed by atoms with Gasteiger partial charge in [-0.05, 0) is 37.8 Å². The molecule has 1 aliphatic rings. The smallest absolute Gasteiger partial charge is 0.258 e. The molecule has 1 unspecified atom stereocenters. The van der Waals surface area contributed by atoms with Gasteiger partial charge in [0.05, 0.1) is 7.11 Å². The highest BCUT2D eigenvalue weighted by atomic mass is 16.5. The standard InChI is InChI=1S/C14H19NO3/c1-10(11-7-8-11)15-14(16)9-18-13-6-4-3-5-12(13)17-2/h3-6,10-11H,7-9H2,1-2H3,(H,15,16). The molecule has 0 bridgehead atoms. The third kappa shape index (κ3) is 3.39. The summed E-state index contributed by atoms with van der Waals surface area (Å²) >= 11 is 0. The summed E-state index contributed by atoms with van der Waals surface area (Å²) < 4.78 is 10.6. The summed E-state index contributed by atoms with van der Waals surface area (Å²) in [5, 5.41) is 2.94. The Hall–Kier alpha value is -1.71. The summed E-state index contributed by atoms with van der Waals surface area (Å²) in [6.07, 6.45) is 2.43. The molecule has 18 heavy (non-hydrogen) atoms. The third-order valence-corrected chi connectivity index (χ3v) is 3.15. The Labute approximate surface area is 107 Å². The van der Waals surface area contributed by atoms with Crippen LogP contribution in [0.25, 0.3) is 0 Å². The van der Waals surface area contributed by atoms with Gasteiger partial charge in [-0.3, -0.25) is 4.79 Å². The number of carbonyl (C=O) groups is 1. The maximum absolute atomic E-state index is 11.7. The van der Waals surface area contributed by atoms with E-state index in [-0.39, 0.29) is 18.6 Å². The van der Waals surface area contributed by atoms with Crippen molar-refractivity contribution in [2.24, 2.45) is 5.92 Å². The fourth-order valence-electron chi connectivity index (χ4n) is 1.89. The molecule has 4 nitrogen and oxygen atoms in total. The predicted octanol–water partition coefficient (Wildman–Crippen LogP) is 1.99. The predicted molar refractivity (Wildman–Crippen MR) is 68.8 cm³/mol. The van der Waals surface area contributed by atoms with Crippen LogP contribution >= 0.6 is 0 Å². The lowest BCUT2D eigenvalue weighted by atomic mass is 10.2. The van der Waals surface area contributed by atoms with Crippen molar-refractivity contribution in [3.8, 4) is 11.5 Å². The Kier molecular flexibility index (Phi) is 4.07. The van der Waals surface area contributed by atoms with E-state index in [1.807, 2.05) is 19.1 Å². The molecule has 0 aliphatic heterocycles. The molecule has 0 saturated heterocycles. The molecule has 1 aliphatic carbocycles. The van der Waals surface area contributed by atoms with Crippen molar-refractivity contribution in [3.63, 3.8) is 0 Å². The van der Waals surface area contributed by atoms with Crippen LogP contribution < -0.4 is 14.8 Å². The number of amides is 1. The van der Waals surface area contributed by atoms with Crippen LogP contribution in [0, 0.1) is 5.92 Å². The SMILES string of the molecule is COc1ccccc1OCC(=O)NC(C)C1CC1. The molecule has 1 saturated carbocycles. The van der Waals surface area contributed by atoms with E-state index in [9.17, 15) is 4.79 Å². The van der Waals surface area contributed by atoms with Gasteiger partial charge in [0.25, 0.3) is 5.91 Å². The van der Waals surface area contributed by atoms with Gasteiger partial charge in [-0.2, -0.15) is 0 Å². The number of ether oxygens (including phenoxy) is 2. The summed E-state index contributed by atoms with van der Waals surface area (Å²) in [6.45, 7) is 2.07. The van der Waals surface area contributed by atoms with E-state index in [4.69, 9.17) is 9.47 Å². The first-order valence-corrected chi connectivity index (χ1v) is 6.26. The molecule has 1 fully saturated rings. The molecule has 1 aromatic carbocycles. The average Bonchev–Trinajstić information content (AvgIpc) is 3.21. The van der Waals surface area contributed by atoms with E-state index in [1.54, 1.807) is 19.2 Å². The summed E-state index contributed by atoms with van der Waals surface area (Å²) in [6, 6.07) is 7.55. The maximum atomic E-state index is 11.7. The maximum Gasteiger partial charge on any atom is 0.258 e. The summed E-state index contributed by atoms with van der Waals surface area (Å²) in [4.78, 5) is 11.7. The molecule has 1 N–H and O–H groups in total. The molecule has 0 radical (unpaired) electrons. The van der Waals surface area contributed by atoms with Crippen LogP contribution in [0.3, 0.4) is 0 Å². The van der Waals surface area contributed by atoms with E-state index in [0.29, 0.717) is 17.4 Å². The minimum absolute atomic E-state index is 0.0252. The summed E-state index contributed by atoms with van der Waals surface area (Å²) in [5.74, 6) is 1.80. The van der Waals surface area contributed by atoms with Crippen molar-refractivity contribution in [1.29, 1.82) is 0 Å². The molecule has 1 amide bonds. The van der Waals surface area contributed by atoms with Crippen LogP contribution in [0.4, 0.5) is 0 Å². The van der Waals surface area contributed by atoms with Gasteiger partial charge in [-0.15, -0.1) is 0 Å². The molecule has 2 rings (SSSR count). The molecule has 98 valence electrons. The number of para-hydroxylation sites is 2. The largest absolute Gasteiger partial charge is 0.493 e. The molecule has 0 spiro atoms. The molecule has 1 aromatic rings. The Balaban J connectivity index is 1.81. The van der Waals surface area contributed by atoms with Crippen LogP contribution in [-0.4, -0.2) is 25.7 Å². The van der Waals surface area contributed by atoms with Crippen LogP contribution in [-0.2, 0) is 4.79 Å². The first-order valence-electron chi connectivity index (χ1n) is 6.26. The fourth-order valence-corrected chi connectivity index (χ4v) is 1.89. The second-order valence-electron chi connectivity index (χ2n) is 4.63. The normalized spacial score (nSPS) is 15.9. The highest BCUT2D eigenvalue weighted by Gasteiger charge is 2.28. The number of hydrogen-bond donors (Lipinski definition) is 1. The quantitative estimate of drug-likeness (QED) is 0.838. The number of hydrogen-bond acceptors (Lipinski definition) is 3. The van der Waals surface area contributed by atoms with Crippen molar-refractivity contribution in [1.82, 2.24) is 5.32 Å². The van der Waals surface area contributed by atoms with Gasteiger partial charge >= 0.3 is 0 Å². The Bertz CT molecular complexity index is 415. The monoisotopic (exact) mass is 249 g/mol. The van der Waals surface area contributed by atoms with Gasteiger partial charge in [0.2, 0.25) is 0 Å². The van der Waals surface area contributed by atoms with Gasteiger partial charge < -0.3 is 14.8 Å². The summed E-state index contributed by atoms with van der Waals surface area (Å²) in [7, 11) is 1.58. The van der Waals surface area contributed by atoms with Gasteiger partial charge in [-0.1, -0.05) is 12.1 Å². The lowest BCUT2D eigenvalue weighted by molar-refractivity contribution is -0.123. The minimum atomic E-state index is -0.0830. The Morgan fingerprint density at radius 1 is 1.39 bits per heavy atom. The number of carbonyl (C=O) groups excluding carboxylic acids is 1. The number of nitrogens with one attached hydrogen (secondary N) is 1. The molecule has 0 aromatic heterocycles. The molecular weight excluding hydrogens is 230 g/mol. The third-order valence-electron chi connectivity index (χ3n) is 3.15. The number of benzene rings is 1. The van der Waals surface area contributed by atoms with Crippen LogP contribution in [0.15, 0.2) is 24.3 Å². The first-order chi connectivity index (χ1) is 8.70. The van der Waals surface area contributed by atoms with E-state index in [0.717, 1.165) is 0 Å². The molecule has 4 heteroatoms. The highest BCUT2D eigenvalue weighted by molar-refractivity contribution is 5.78. The lowest BCUT2D eigenvalue weighted by Gasteiger charge is -2.14. The number of rotatable bonds is 6. The molecular formula is C14H19NO3. The topological polar surface area (TPSA) is 47.6 Å². The first kappa shape index (κ1) is 12.7. The van der Waals surface area contributed by atoms with Crippen molar-refractivity contribution in [3.05, 3.63) is 24.3 Å². The van der Waals surface area contributed by atoms with E-state index < -0.39 is 0 Å². The zero-order valence-electron chi connectivity index (χ0n) is 10.8. The Morgan fingerprint density at radius 2 is 2.06 bits per heavy atom. The van der Waals surface area contributed by atoms with Gasteiger partial charge in [0.15, 0.2) is 18.1 Å².